The molecule has 122 valence electrons. The van der Waals surface area contributed by atoms with Gasteiger partial charge in [0.05, 0.1) is 21.7 Å². The molecule has 3 aromatic rings. The summed E-state index contributed by atoms with van der Waals surface area (Å²) in [6.45, 7) is 2.12. The van der Waals surface area contributed by atoms with Crippen LogP contribution in [0.25, 0.3) is 10.2 Å². The Kier molecular flexibility index (Phi) is 4.50. The number of nitrogens with zero attached hydrogens (tertiary/aromatic N) is 2. The van der Waals surface area contributed by atoms with Crippen molar-refractivity contribution in [1.29, 1.82) is 0 Å². The number of halogens is 1. The van der Waals surface area contributed by atoms with E-state index in [2.05, 4.69) is 10.3 Å². The zero-order chi connectivity index (χ0) is 17.3. The molecule has 0 saturated carbocycles. The Bertz CT molecular complexity index is 1120. The van der Waals surface area contributed by atoms with Crippen molar-refractivity contribution in [3.05, 3.63) is 57.9 Å². The zero-order valence-electron chi connectivity index (χ0n) is 12.7. The van der Waals surface area contributed by atoms with Gasteiger partial charge in [-0.05, 0) is 37.3 Å². The van der Waals surface area contributed by atoms with Crippen LogP contribution in [0.4, 0.5) is 0 Å². The lowest BCUT2D eigenvalue weighted by Crippen LogP contribution is -2.16. The summed E-state index contributed by atoms with van der Waals surface area (Å²) >= 11 is 7.25. The summed E-state index contributed by atoms with van der Waals surface area (Å²) in [5, 5.41) is 0.574. The quantitative estimate of drug-likeness (QED) is 0.656. The van der Waals surface area contributed by atoms with Crippen molar-refractivity contribution in [1.82, 2.24) is 4.57 Å². The number of rotatable bonds is 3. The van der Waals surface area contributed by atoms with Crippen LogP contribution >= 0.6 is 22.9 Å². The highest BCUT2D eigenvalue weighted by atomic mass is 35.5. The second-order valence-electron chi connectivity index (χ2n) is 5.17. The van der Waals surface area contributed by atoms with Crippen LogP contribution < -0.4 is 4.80 Å². The van der Waals surface area contributed by atoms with Crippen LogP contribution in [0.1, 0.15) is 5.56 Å². The Morgan fingerprint density at radius 3 is 2.62 bits per heavy atom. The fourth-order valence-electron chi connectivity index (χ4n) is 2.23. The highest BCUT2D eigenvalue weighted by Crippen LogP contribution is 2.22. The molecule has 4 nitrogen and oxygen atoms in total. The van der Waals surface area contributed by atoms with E-state index in [0.29, 0.717) is 9.82 Å². The summed E-state index contributed by atoms with van der Waals surface area (Å²) in [6.07, 6.45) is 5.42. The van der Waals surface area contributed by atoms with Crippen molar-refractivity contribution >= 4 is 43.2 Å². The maximum atomic E-state index is 12.6. The molecule has 0 aliphatic rings. The fourth-order valence-corrected chi connectivity index (χ4v) is 4.74. The lowest BCUT2D eigenvalue weighted by Gasteiger charge is -2.01. The first kappa shape index (κ1) is 16.8. The summed E-state index contributed by atoms with van der Waals surface area (Å²) in [4.78, 5) is 0.474. The van der Waals surface area contributed by atoms with E-state index in [1.807, 2.05) is 13.0 Å². The average Bonchev–Trinajstić information content (AvgIpc) is 2.84. The van der Waals surface area contributed by atoms with Gasteiger partial charge < -0.3 is 4.57 Å². The number of fused-ring (bicyclic) bond motifs is 1. The average molecular weight is 377 g/mol. The summed E-state index contributed by atoms with van der Waals surface area (Å²) in [7, 11) is -3.82. The molecule has 0 unspecified atom stereocenters. The molecule has 1 aromatic heterocycles. The van der Waals surface area contributed by atoms with Gasteiger partial charge in [-0.25, -0.2) is 0 Å². The molecule has 3 rings (SSSR count). The van der Waals surface area contributed by atoms with Gasteiger partial charge in [0.25, 0.3) is 10.0 Å². The van der Waals surface area contributed by atoms with Gasteiger partial charge >= 0.3 is 0 Å². The molecule has 0 atom stereocenters. The maximum Gasteiger partial charge on any atom is 0.285 e. The van der Waals surface area contributed by atoms with Crippen molar-refractivity contribution in [3.8, 4) is 12.3 Å². The van der Waals surface area contributed by atoms with Crippen molar-refractivity contribution in [2.75, 3.05) is 0 Å². The smallest absolute Gasteiger partial charge is 0.285 e. The third-order valence-electron chi connectivity index (χ3n) is 3.41. The van der Waals surface area contributed by atoms with E-state index in [9.17, 15) is 8.42 Å². The van der Waals surface area contributed by atoms with Crippen molar-refractivity contribution in [2.45, 2.75) is 18.4 Å². The van der Waals surface area contributed by atoms with Gasteiger partial charge in [0.1, 0.15) is 0 Å². The largest absolute Gasteiger partial charge is 0.304 e. The number of aryl methyl sites for hydroxylation is 1. The number of hydrogen-bond acceptors (Lipinski definition) is 3. The molecule has 0 saturated heterocycles. The minimum Gasteiger partial charge on any atom is -0.304 e. The Balaban J connectivity index is 2.24. The second-order valence-corrected chi connectivity index (χ2v) is 8.22. The third kappa shape index (κ3) is 3.24. The third-order valence-corrected chi connectivity index (χ3v) is 6.08. The molecule has 0 spiro atoms. The molecule has 1 heterocycles. The van der Waals surface area contributed by atoms with Crippen molar-refractivity contribution in [2.24, 2.45) is 4.40 Å². The van der Waals surface area contributed by atoms with Crippen molar-refractivity contribution in [3.63, 3.8) is 0 Å². The van der Waals surface area contributed by atoms with Gasteiger partial charge in [-0.15, -0.1) is 10.8 Å². The first-order valence-corrected chi connectivity index (χ1v) is 9.64. The Morgan fingerprint density at radius 1 is 1.25 bits per heavy atom. The lowest BCUT2D eigenvalue weighted by atomic mass is 10.2. The topological polar surface area (TPSA) is 51.4 Å². The van der Waals surface area contributed by atoms with E-state index >= 15 is 0 Å². The Labute approximate surface area is 149 Å². The van der Waals surface area contributed by atoms with Crippen LogP contribution in [0.2, 0.25) is 5.02 Å². The van der Waals surface area contributed by atoms with Crippen LogP contribution in [0.15, 0.2) is 51.8 Å². The zero-order valence-corrected chi connectivity index (χ0v) is 15.1. The number of terminal acetylenes is 1. The van der Waals surface area contributed by atoms with Crippen LogP contribution in [-0.4, -0.2) is 13.0 Å². The molecule has 0 fully saturated rings. The van der Waals surface area contributed by atoms with Gasteiger partial charge in [0.2, 0.25) is 4.80 Å². The lowest BCUT2D eigenvalue weighted by molar-refractivity contribution is 0.596. The van der Waals surface area contributed by atoms with Gasteiger partial charge in [0.15, 0.2) is 0 Å². The first-order chi connectivity index (χ1) is 11.4. The van der Waals surface area contributed by atoms with E-state index < -0.39 is 10.0 Å². The molecule has 7 heteroatoms. The number of aromatic nitrogens is 1. The number of benzene rings is 2. The minimum atomic E-state index is -3.82. The molecule has 0 radical (unpaired) electrons. The van der Waals surface area contributed by atoms with Gasteiger partial charge in [-0.2, -0.15) is 8.42 Å². The first-order valence-electron chi connectivity index (χ1n) is 7.01. The van der Waals surface area contributed by atoms with Gasteiger partial charge in [-0.3, -0.25) is 0 Å². The standard InChI is InChI=1S/C17H13ClN2O2S2/c1-3-10-20-15-9-6-13(18)11-16(15)23-17(20)19-24(21,22)14-7-4-12(2)5-8-14/h1,4-9,11H,10H2,2H3/b19-17-. The monoisotopic (exact) mass is 376 g/mol. The van der Waals surface area contributed by atoms with E-state index in [-0.39, 0.29) is 11.4 Å². The summed E-state index contributed by atoms with van der Waals surface area (Å²) in [5.74, 6) is 2.53. The van der Waals surface area contributed by atoms with E-state index in [4.69, 9.17) is 18.0 Å². The molecule has 0 aliphatic carbocycles. The fraction of sp³-hybridized carbons (Fsp3) is 0.118. The molecular formula is C17H13ClN2O2S2. The predicted octanol–water partition coefficient (Wildman–Crippen LogP) is 3.59. The van der Waals surface area contributed by atoms with Crippen LogP contribution in [0.5, 0.6) is 0 Å². The number of thiazole rings is 1. The van der Waals surface area contributed by atoms with Crippen molar-refractivity contribution < 1.29 is 8.42 Å². The molecule has 0 bridgehead atoms. The molecule has 2 aromatic carbocycles. The highest BCUT2D eigenvalue weighted by molar-refractivity contribution is 7.90. The predicted molar refractivity (Wildman–Crippen MR) is 97.6 cm³/mol. The molecule has 0 amide bonds. The minimum absolute atomic E-state index is 0.149. The maximum absolute atomic E-state index is 12.6. The second kappa shape index (κ2) is 6.44. The molecule has 0 N–H and O–H groups in total. The van der Waals surface area contributed by atoms with Gasteiger partial charge in [-0.1, -0.05) is 46.6 Å². The van der Waals surface area contributed by atoms with Crippen LogP contribution in [0.3, 0.4) is 0 Å². The van der Waals surface area contributed by atoms with Crippen LogP contribution in [-0.2, 0) is 16.6 Å². The van der Waals surface area contributed by atoms with Crippen LogP contribution in [0, 0.1) is 19.3 Å². The molecular weight excluding hydrogens is 364 g/mol. The Morgan fingerprint density at radius 2 is 1.96 bits per heavy atom. The Hall–Kier alpha value is -2.07. The summed E-state index contributed by atoms with van der Waals surface area (Å²) in [6, 6.07) is 11.9. The van der Waals surface area contributed by atoms with E-state index in [0.717, 1.165) is 15.8 Å². The molecule has 0 aliphatic heterocycles. The number of sulfonamides is 1. The highest BCUT2D eigenvalue weighted by Gasteiger charge is 2.14. The normalized spacial score (nSPS) is 12.5. The van der Waals surface area contributed by atoms with Gasteiger partial charge in [0, 0.05) is 5.02 Å². The van der Waals surface area contributed by atoms with E-state index in [1.165, 1.54) is 11.3 Å². The number of hydrogen-bond donors (Lipinski definition) is 0. The van der Waals surface area contributed by atoms with E-state index in [1.54, 1.807) is 41.0 Å². The molecule has 24 heavy (non-hydrogen) atoms. The summed E-state index contributed by atoms with van der Waals surface area (Å²) < 4.78 is 31.6. The SMILES string of the molecule is C#CCn1/c(=N/S(=O)(=O)c2ccc(C)cc2)sc2cc(Cl)ccc21. The summed E-state index contributed by atoms with van der Waals surface area (Å²) in [5.41, 5.74) is 1.79.